The zero-order valence-corrected chi connectivity index (χ0v) is 20.8. The molecule has 0 saturated carbocycles. The summed E-state index contributed by atoms with van der Waals surface area (Å²) in [5.41, 5.74) is 2.91. The van der Waals surface area contributed by atoms with Gasteiger partial charge < -0.3 is 9.05 Å². The zero-order valence-electron chi connectivity index (χ0n) is 19.9. The van der Waals surface area contributed by atoms with Crippen molar-refractivity contribution in [2.75, 3.05) is 13.1 Å². The molecule has 0 bridgehead atoms. The Morgan fingerprint density at radius 3 is 2.00 bits per heavy atom. The first-order valence-corrected chi connectivity index (χ1v) is 13.0. The van der Waals surface area contributed by atoms with Crippen molar-refractivity contribution in [3.05, 3.63) is 95.6 Å². The van der Waals surface area contributed by atoms with E-state index in [1.807, 2.05) is 0 Å². The van der Waals surface area contributed by atoms with Crippen LogP contribution in [0.3, 0.4) is 0 Å². The van der Waals surface area contributed by atoms with E-state index in [0.717, 1.165) is 18.7 Å². The number of rotatable bonds is 12. The number of phosphoric ester groups is 1. The van der Waals surface area contributed by atoms with Crippen LogP contribution in [0.2, 0.25) is 0 Å². The third kappa shape index (κ3) is 7.29. The summed E-state index contributed by atoms with van der Waals surface area (Å²) < 4.78 is 22.4. The molecule has 0 aliphatic carbocycles. The highest BCUT2D eigenvalue weighted by molar-refractivity contribution is 7.48. The number of para-hydroxylation sites is 1. The Kier molecular flexibility index (Phi) is 9.05. The van der Waals surface area contributed by atoms with Gasteiger partial charge in [-0.05, 0) is 74.0 Å². The number of benzene rings is 3. The van der Waals surface area contributed by atoms with Crippen molar-refractivity contribution >= 4 is 13.6 Å². The SMILES string of the molecule is CCN(CC)C(C)c1ccc(CCC(=O)c2ccc(OP(=O)(O)Oc3ccccc3)cc2)cc1. The van der Waals surface area contributed by atoms with E-state index >= 15 is 0 Å². The van der Waals surface area contributed by atoms with Crippen LogP contribution in [0, 0.1) is 0 Å². The van der Waals surface area contributed by atoms with Gasteiger partial charge in [0.25, 0.3) is 0 Å². The van der Waals surface area contributed by atoms with Gasteiger partial charge in [0.15, 0.2) is 5.78 Å². The number of nitrogens with zero attached hydrogens (tertiary/aromatic N) is 1. The van der Waals surface area contributed by atoms with Crippen molar-refractivity contribution in [1.82, 2.24) is 4.90 Å². The summed E-state index contributed by atoms with van der Waals surface area (Å²) in [6.07, 6.45) is 1.02. The number of ketones is 1. The highest BCUT2D eigenvalue weighted by Crippen LogP contribution is 2.44. The number of Topliss-reactive ketones (excluding diaryl/α,β-unsaturated/α-hetero) is 1. The van der Waals surface area contributed by atoms with Crippen molar-refractivity contribution in [2.24, 2.45) is 0 Å². The molecule has 3 aromatic rings. The molecular weight excluding hydrogens is 449 g/mol. The average Bonchev–Trinajstić information content (AvgIpc) is 2.84. The van der Waals surface area contributed by atoms with E-state index in [2.05, 4.69) is 49.9 Å². The van der Waals surface area contributed by atoms with Gasteiger partial charge in [-0.15, -0.1) is 0 Å². The molecule has 3 aromatic carbocycles. The van der Waals surface area contributed by atoms with Crippen molar-refractivity contribution in [3.8, 4) is 11.5 Å². The van der Waals surface area contributed by atoms with Gasteiger partial charge in [0, 0.05) is 18.0 Å². The fourth-order valence-corrected chi connectivity index (χ4v) is 4.63. The minimum Gasteiger partial charge on any atom is -0.395 e. The maximum absolute atomic E-state index is 12.6. The molecule has 0 aliphatic rings. The first kappa shape index (κ1) is 25.7. The molecule has 3 rings (SSSR count). The predicted octanol–water partition coefficient (Wildman–Crippen LogP) is 6.46. The van der Waals surface area contributed by atoms with Gasteiger partial charge in [-0.25, -0.2) is 4.57 Å². The Hall–Kier alpha value is -2.92. The number of carbonyl (C=O) groups excluding carboxylic acids is 1. The molecule has 34 heavy (non-hydrogen) atoms. The quantitative estimate of drug-likeness (QED) is 0.236. The van der Waals surface area contributed by atoms with Gasteiger partial charge in [0.1, 0.15) is 11.5 Å². The fourth-order valence-electron chi connectivity index (χ4n) is 3.82. The highest BCUT2D eigenvalue weighted by Gasteiger charge is 2.25. The molecule has 0 aliphatic heterocycles. The van der Waals surface area contributed by atoms with Crippen LogP contribution in [0.25, 0.3) is 0 Å². The molecule has 180 valence electrons. The molecule has 0 spiro atoms. The molecule has 2 atom stereocenters. The van der Waals surface area contributed by atoms with Crippen LogP contribution >= 0.6 is 7.82 Å². The summed E-state index contributed by atoms with van der Waals surface area (Å²) >= 11 is 0. The van der Waals surface area contributed by atoms with Crippen molar-refractivity contribution in [3.63, 3.8) is 0 Å². The van der Waals surface area contributed by atoms with Crippen LogP contribution in [-0.4, -0.2) is 28.7 Å². The molecule has 0 radical (unpaired) electrons. The monoisotopic (exact) mass is 481 g/mol. The van der Waals surface area contributed by atoms with E-state index < -0.39 is 7.82 Å². The zero-order chi connectivity index (χ0) is 24.6. The molecule has 1 N–H and O–H groups in total. The third-order valence-electron chi connectivity index (χ3n) is 5.82. The first-order chi connectivity index (χ1) is 16.3. The van der Waals surface area contributed by atoms with E-state index in [-0.39, 0.29) is 17.3 Å². The standard InChI is InChI=1S/C27H32NO5P/c1-4-28(5-2)21(3)23-14-11-22(12-15-23)13-20-27(29)24-16-18-26(19-17-24)33-34(30,31)32-25-9-7-6-8-10-25/h6-12,14-19,21H,4-5,13,20H2,1-3H3,(H,30,31). The average molecular weight is 482 g/mol. The first-order valence-electron chi connectivity index (χ1n) is 11.5. The molecule has 0 saturated heterocycles. The Morgan fingerprint density at radius 2 is 1.44 bits per heavy atom. The smallest absolute Gasteiger partial charge is 0.395 e. The molecule has 0 aromatic heterocycles. The molecule has 0 amide bonds. The van der Waals surface area contributed by atoms with Gasteiger partial charge in [-0.3, -0.25) is 14.6 Å². The summed E-state index contributed by atoms with van der Waals surface area (Å²) in [6.45, 7) is 8.56. The Morgan fingerprint density at radius 1 is 0.882 bits per heavy atom. The lowest BCUT2D eigenvalue weighted by atomic mass is 10.00. The largest absolute Gasteiger partial charge is 0.584 e. The van der Waals surface area contributed by atoms with Crippen LogP contribution < -0.4 is 9.05 Å². The van der Waals surface area contributed by atoms with Gasteiger partial charge in [0.05, 0.1) is 0 Å². The third-order valence-corrected chi connectivity index (χ3v) is 6.71. The van der Waals surface area contributed by atoms with E-state index in [4.69, 9.17) is 9.05 Å². The molecule has 0 heterocycles. The number of carbonyl (C=O) groups is 1. The minimum atomic E-state index is -4.34. The van der Waals surface area contributed by atoms with Gasteiger partial charge in [0.2, 0.25) is 0 Å². The van der Waals surface area contributed by atoms with Crippen LogP contribution in [-0.2, 0) is 11.0 Å². The van der Waals surface area contributed by atoms with E-state index in [1.54, 1.807) is 42.5 Å². The molecule has 7 heteroatoms. The lowest BCUT2D eigenvalue weighted by Crippen LogP contribution is -2.26. The Labute approximate surface area is 201 Å². The van der Waals surface area contributed by atoms with Crippen molar-refractivity contribution < 1.29 is 23.3 Å². The number of hydrogen-bond acceptors (Lipinski definition) is 5. The van der Waals surface area contributed by atoms with Crippen LogP contribution in [0.15, 0.2) is 78.9 Å². The van der Waals surface area contributed by atoms with Gasteiger partial charge in [-0.1, -0.05) is 56.3 Å². The molecule has 0 fully saturated rings. The van der Waals surface area contributed by atoms with Gasteiger partial charge in [-0.2, -0.15) is 0 Å². The van der Waals surface area contributed by atoms with E-state index in [0.29, 0.717) is 24.4 Å². The second-order valence-corrected chi connectivity index (χ2v) is 9.35. The maximum Gasteiger partial charge on any atom is 0.584 e. The summed E-state index contributed by atoms with van der Waals surface area (Å²) in [7, 11) is -4.34. The Bertz CT molecular complexity index is 1100. The van der Waals surface area contributed by atoms with Crippen LogP contribution in [0.4, 0.5) is 0 Å². The topological polar surface area (TPSA) is 76.1 Å². The van der Waals surface area contributed by atoms with Crippen molar-refractivity contribution in [1.29, 1.82) is 0 Å². The normalized spacial score (nSPS) is 13.8. The second kappa shape index (κ2) is 12.0. The predicted molar refractivity (Wildman–Crippen MR) is 134 cm³/mol. The van der Waals surface area contributed by atoms with Crippen LogP contribution in [0.5, 0.6) is 11.5 Å². The maximum atomic E-state index is 12.6. The van der Waals surface area contributed by atoms with Crippen LogP contribution in [0.1, 0.15) is 54.7 Å². The Balaban J connectivity index is 1.53. The molecule has 2 unspecified atom stereocenters. The molecular formula is C27H32NO5P. The minimum absolute atomic E-state index is 0.000137. The number of aryl methyl sites for hydroxylation is 1. The van der Waals surface area contributed by atoms with E-state index in [9.17, 15) is 14.3 Å². The highest BCUT2D eigenvalue weighted by atomic mass is 31.2. The number of hydrogen-bond donors (Lipinski definition) is 1. The second-order valence-electron chi connectivity index (χ2n) is 8.05. The number of phosphoric acid groups is 1. The summed E-state index contributed by atoms with van der Waals surface area (Å²) in [6, 6.07) is 23.3. The summed E-state index contributed by atoms with van der Waals surface area (Å²) in [5.74, 6) is 0.381. The van der Waals surface area contributed by atoms with Crippen molar-refractivity contribution in [2.45, 2.75) is 39.7 Å². The fraction of sp³-hybridized carbons (Fsp3) is 0.296. The molecule has 6 nitrogen and oxygen atoms in total. The summed E-state index contributed by atoms with van der Waals surface area (Å²) in [5, 5.41) is 0. The van der Waals surface area contributed by atoms with E-state index in [1.165, 1.54) is 17.7 Å². The lowest BCUT2D eigenvalue weighted by Gasteiger charge is -2.26. The lowest BCUT2D eigenvalue weighted by molar-refractivity contribution is 0.0983. The van der Waals surface area contributed by atoms with Gasteiger partial charge >= 0.3 is 7.82 Å². The summed E-state index contributed by atoms with van der Waals surface area (Å²) in [4.78, 5) is 25.0.